The van der Waals surface area contributed by atoms with Crippen LogP contribution in [0.1, 0.15) is 36.8 Å². The molecule has 148 valence electrons. The zero-order valence-corrected chi connectivity index (χ0v) is 17.4. The highest BCUT2D eigenvalue weighted by molar-refractivity contribution is 5.95. The van der Waals surface area contributed by atoms with Crippen LogP contribution in [0.5, 0.6) is 0 Å². The predicted molar refractivity (Wildman–Crippen MR) is 104 cm³/mol. The maximum absolute atomic E-state index is 11.7. The molecular formula is C21H24BrN3O3. The second kappa shape index (κ2) is 8.01. The van der Waals surface area contributed by atoms with Gasteiger partial charge in [0.05, 0.1) is 11.5 Å². The van der Waals surface area contributed by atoms with Gasteiger partial charge in [-0.2, -0.15) is 0 Å². The zero-order chi connectivity index (χ0) is 19.0. The molecule has 0 radical (unpaired) electrons. The van der Waals surface area contributed by atoms with Gasteiger partial charge >= 0.3 is 0 Å². The largest absolute Gasteiger partial charge is 1.00 e. The Balaban J connectivity index is 0.00000225. The van der Waals surface area contributed by atoms with Crippen molar-refractivity contribution in [3.63, 3.8) is 0 Å². The molecule has 0 amide bonds. The first-order valence-electron chi connectivity index (χ1n) is 9.44. The lowest BCUT2D eigenvalue weighted by Crippen LogP contribution is -3.00. The van der Waals surface area contributed by atoms with Gasteiger partial charge in [0.1, 0.15) is 5.69 Å². The minimum Gasteiger partial charge on any atom is -1.00 e. The number of anilines is 1. The van der Waals surface area contributed by atoms with Gasteiger partial charge in [0.2, 0.25) is 0 Å². The van der Waals surface area contributed by atoms with E-state index in [1.54, 1.807) is 12.1 Å². The van der Waals surface area contributed by atoms with Crippen molar-refractivity contribution in [2.75, 3.05) is 18.0 Å². The highest BCUT2D eigenvalue weighted by Crippen LogP contribution is 2.36. The number of nitro groups is 1. The summed E-state index contributed by atoms with van der Waals surface area (Å²) < 4.78 is 2.05. The van der Waals surface area contributed by atoms with Crippen LogP contribution >= 0.6 is 0 Å². The van der Waals surface area contributed by atoms with E-state index >= 15 is 0 Å². The first-order chi connectivity index (χ1) is 13.0. The third kappa shape index (κ3) is 3.56. The van der Waals surface area contributed by atoms with Crippen molar-refractivity contribution >= 4 is 17.2 Å². The number of β-amino-alcohol motifs (C(OH)–C–C–N with tert-alkyl or cyclic N) is 1. The number of nitro benzene ring substituents is 1. The SMILES string of the molecule is Cc1ccc(N2CC(O)(c3cccc([N+](=O)[O-])c3)[N+]3=C2CCCCC3)cc1.[Br-]. The molecule has 7 heteroatoms. The molecule has 28 heavy (non-hydrogen) atoms. The molecule has 0 saturated heterocycles. The van der Waals surface area contributed by atoms with E-state index in [0.29, 0.717) is 12.1 Å². The van der Waals surface area contributed by atoms with E-state index in [9.17, 15) is 15.2 Å². The molecule has 2 aliphatic heterocycles. The topological polar surface area (TPSA) is 69.6 Å². The van der Waals surface area contributed by atoms with E-state index in [2.05, 4.69) is 40.7 Å². The number of hydrogen-bond donors (Lipinski definition) is 1. The summed E-state index contributed by atoms with van der Waals surface area (Å²) in [5, 5.41) is 22.9. The highest BCUT2D eigenvalue weighted by Gasteiger charge is 2.52. The summed E-state index contributed by atoms with van der Waals surface area (Å²) in [6.07, 6.45) is 4.10. The maximum atomic E-state index is 11.7. The molecule has 4 rings (SSSR count). The van der Waals surface area contributed by atoms with Crippen LogP contribution in [0.15, 0.2) is 48.5 Å². The molecule has 2 aromatic rings. The van der Waals surface area contributed by atoms with E-state index < -0.39 is 10.6 Å². The fourth-order valence-corrected chi connectivity index (χ4v) is 4.15. The fraction of sp³-hybridized carbons (Fsp3) is 0.381. The average Bonchev–Trinajstić information content (AvgIpc) is 2.83. The molecule has 0 aliphatic carbocycles. The monoisotopic (exact) mass is 445 g/mol. The Morgan fingerprint density at radius 2 is 1.89 bits per heavy atom. The Morgan fingerprint density at radius 3 is 2.61 bits per heavy atom. The smallest absolute Gasteiger partial charge is 0.271 e. The number of benzene rings is 2. The van der Waals surface area contributed by atoms with Crippen LogP contribution in [-0.2, 0) is 5.72 Å². The van der Waals surface area contributed by atoms with Crippen molar-refractivity contribution in [3.05, 3.63) is 69.8 Å². The minimum absolute atomic E-state index is 0. The Hall–Kier alpha value is -2.25. The lowest BCUT2D eigenvalue weighted by molar-refractivity contribution is -0.658. The van der Waals surface area contributed by atoms with Crippen LogP contribution in [0, 0.1) is 17.0 Å². The van der Waals surface area contributed by atoms with Crippen LogP contribution < -0.4 is 21.9 Å². The third-order valence-electron chi connectivity index (χ3n) is 5.60. The zero-order valence-electron chi connectivity index (χ0n) is 15.8. The van der Waals surface area contributed by atoms with Gasteiger partial charge in [0.15, 0.2) is 6.54 Å². The van der Waals surface area contributed by atoms with Gasteiger partial charge in [-0.15, -0.1) is 0 Å². The lowest BCUT2D eigenvalue weighted by atomic mass is 10.0. The van der Waals surface area contributed by atoms with Gasteiger partial charge in [0.25, 0.3) is 17.2 Å². The first kappa shape index (κ1) is 20.5. The van der Waals surface area contributed by atoms with Crippen molar-refractivity contribution < 1.29 is 31.6 Å². The number of hydrogen-bond acceptors (Lipinski definition) is 4. The van der Waals surface area contributed by atoms with Crippen molar-refractivity contribution in [3.8, 4) is 0 Å². The molecule has 6 nitrogen and oxygen atoms in total. The number of non-ortho nitro benzene ring substituents is 1. The number of aryl methyl sites for hydroxylation is 1. The van der Waals surface area contributed by atoms with Gasteiger partial charge in [-0.25, -0.2) is 9.48 Å². The fourth-order valence-electron chi connectivity index (χ4n) is 4.15. The molecule has 0 bridgehead atoms. The molecular weight excluding hydrogens is 422 g/mol. The van der Waals surface area contributed by atoms with E-state index in [1.165, 1.54) is 17.7 Å². The first-order valence-corrected chi connectivity index (χ1v) is 9.44. The second-order valence-electron chi connectivity index (χ2n) is 7.42. The van der Waals surface area contributed by atoms with E-state index in [0.717, 1.165) is 43.8 Å². The second-order valence-corrected chi connectivity index (χ2v) is 7.42. The van der Waals surface area contributed by atoms with Crippen LogP contribution in [0.2, 0.25) is 0 Å². The number of halogens is 1. The van der Waals surface area contributed by atoms with E-state index in [-0.39, 0.29) is 22.7 Å². The van der Waals surface area contributed by atoms with Crippen molar-refractivity contribution in [1.82, 2.24) is 0 Å². The Kier molecular flexibility index (Phi) is 5.86. The number of amidine groups is 1. The van der Waals surface area contributed by atoms with Crippen molar-refractivity contribution in [2.24, 2.45) is 0 Å². The van der Waals surface area contributed by atoms with E-state index in [4.69, 9.17) is 0 Å². The number of rotatable bonds is 3. The molecule has 2 aromatic carbocycles. The summed E-state index contributed by atoms with van der Waals surface area (Å²) in [7, 11) is 0. The summed E-state index contributed by atoms with van der Waals surface area (Å²) in [5.74, 6) is 1.10. The summed E-state index contributed by atoms with van der Waals surface area (Å²) in [5.41, 5.74) is 1.55. The molecule has 1 unspecified atom stereocenters. The van der Waals surface area contributed by atoms with E-state index in [1.807, 2.05) is 0 Å². The standard InChI is InChI=1S/C21H24N3O3.BrH/c1-16-9-11-18(12-10-16)22-15-21(25,23-13-4-2-3-8-20(22)23)17-6-5-7-19(14-17)24(26)27;/h5-7,9-12,14,25H,2-4,8,13,15H2,1H3;1H/q+1;/p-1. The van der Waals surface area contributed by atoms with Gasteiger partial charge in [0, 0.05) is 24.1 Å². The predicted octanol–water partition coefficient (Wildman–Crippen LogP) is 0.558. The Morgan fingerprint density at radius 1 is 1.14 bits per heavy atom. The maximum Gasteiger partial charge on any atom is 0.271 e. The highest BCUT2D eigenvalue weighted by atomic mass is 79.9. The van der Waals surface area contributed by atoms with Gasteiger partial charge < -0.3 is 22.1 Å². The quantitative estimate of drug-likeness (QED) is 0.425. The third-order valence-corrected chi connectivity index (χ3v) is 5.60. The molecule has 1 atom stereocenters. The molecule has 1 N–H and O–H groups in total. The van der Waals surface area contributed by atoms with Gasteiger partial charge in [-0.05, 0) is 38.3 Å². The Bertz CT molecular complexity index is 913. The van der Waals surface area contributed by atoms with Crippen LogP contribution in [0.4, 0.5) is 11.4 Å². The van der Waals surface area contributed by atoms with Crippen molar-refractivity contribution in [2.45, 2.75) is 38.3 Å². The number of nitrogens with zero attached hydrogens (tertiary/aromatic N) is 3. The van der Waals surface area contributed by atoms with Crippen LogP contribution in [-0.4, -0.2) is 33.5 Å². The molecule has 0 fully saturated rings. The molecule has 2 heterocycles. The lowest BCUT2D eigenvalue weighted by Gasteiger charge is -2.23. The Labute approximate surface area is 175 Å². The summed E-state index contributed by atoms with van der Waals surface area (Å²) in [6.45, 7) is 3.17. The molecule has 0 spiro atoms. The molecule has 0 aromatic heterocycles. The summed E-state index contributed by atoms with van der Waals surface area (Å²) in [4.78, 5) is 13.0. The average molecular weight is 446 g/mol. The van der Waals surface area contributed by atoms with Gasteiger partial charge in [-0.3, -0.25) is 10.1 Å². The number of aliphatic hydroxyl groups is 1. The van der Waals surface area contributed by atoms with Crippen LogP contribution in [0.3, 0.4) is 0 Å². The molecule has 0 saturated carbocycles. The summed E-state index contributed by atoms with van der Waals surface area (Å²) >= 11 is 0. The van der Waals surface area contributed by atoms with Crippen molar-refractivity contribution in [1.29, 1.82) is 0 Å². The van der Waals surface area contributed by atoms with Crippen LogP contribution in [0.25, 0.3) is 0 Å². The molecule has 2 aliphatic rings. The minimum atomic E-state index is -1.27. The van der Waals surface area contributed by atoms with Gasteiger partial charge in [-0.1, -0.05) is 29.8 Å². The summed E-state index contributed by atoms with van der Waals surface area (Å²) in [6, 6.07) is 14.7. The normalized spacial score (nSPS) is 21.7.